The monoisotopic (exact) mass is 510 g/mol. The molecule has 37 heavy (non-hydrogen) atoms. The van der Waals surface area contributed by atoms with Crippen LogP contribution in [0.25, 0.3) is 0 Å². The first-order valence-corrected chi connectivity index (χ1v) is 14.7. The number of esters is 2. The van der Waals surface area contributed by atoms with Gasteiger partial charge in [-0.1, -0.05) is 64.8 Å². The molecular formula is C33H50O4. The second-order valence-electron chi connectivity index (χ2n) is 13.8. The summed E-state index contributed by atoms with van der Waals surface area (Å²) in [6.07, 6.45) is 18.5. The van der Waals surface area contributed by atoms with Crippen LogP contribution in [0.5, 0.6) is 0 Å². The Labute approximate surface area is 225 Å². The number of methoxy groups -OCH3 is 1. The standard InChI is InChI=1S/C33H50O4/c1-8-31(4)19-16-26-24(20-31)12-14-27-32(5,17-9-18-33(26,27)6)21-37-28(34)15-11-22(2)25-13-10-23(3)29(25)30(35)36-7/h8,11-12,15,22-23,25-27,29H,1,9-10,13-14,16-21H2,2-7H3. The van der Waals surface area contributed by atoms with Crippen molar-refractivity contribution in [2.75, 3.05) is 13.7 Å². The zero-order valence-electron chi connectivity index (χ0n) is 24.2. The average molecular weight is 511 g/mol. The summed E-state index contributed by atoms with van der Waals surface area (Å²) in [4.78, 5) is 25.2. The zero-order valence-corrected chi connectivity index (χ0v) is 24.2. The predicted molar refractivity (Wildman–Crippen MR) is 149 cm³/mol. The summed E-state index contributed by atoms with van der Waals surface area (Å²) in [6, 6.07) is 0. The Kier molecular flexibility index (Phi) is 8.17. The van der Waals surface area contributed by atoms with E-state index in [0.717, 1.165) is 32.1 Å². The minimum Gasteiger partial charge on any atom is -0.469 e. The second kappa shape index (κ2) is 10.7. The lowest BCUT2D eigenvalue weighted by Gasteiger charge is -2.59. The molecule has 0 radical (unpaired) electrons. The summed E-state index contributed by atoms with van der Waals surface area (Å²) in [5.74, 6) is 1.37. The molecule has 0 spiro atoms. The van der Waals surface area contributed by atoms with Gasteiger partial charge in [0.15, 0.2) is 0 Å². The molecule has 4 nitrogen and oxygen atoms in total. The molecule has 3 saturated carbocycles. The van der Waals surface area contributed by atoms with Gasteiger partial charge < -0.3 is 9.47 Å². The maximum Gasteiger partial charge on any atom is 0.330 e. The van der Waals surface area contributed by atoms with E-state index >= 15 is 0 Å². The van der Waals surface area contributed by atoms with Gasteiger partial charge in [-0.3, -0.25) is 4.79 Å². The lowest BCUT2D eigenvalue weighted by molar-refractivity contribution is -0.149. The third-order valence-electron chi connectivity index (χ3n) is 11.3. The van der Waals surface area contributed by atoms with Crippen molar-refractivity contribution in [3.63, 3.8) is 0 Å². The highest BCUT2D eigenvalue weighted by Crippen LogP contribution is 2.63. The Morgan fingerprint density at radius 2 is 1.92 bits per heavy atom. The zero-order chi connectivity index (χ0) is 27.0. The van der Waals surface area contributed by atoms with E-state index < -0.39 is 0 Å². The molecule has 3 fully saturated rings. The Morgan fingerprint density at radius 1 is 1.16 bits per heavy atom. The Balaban J connectivity index is 1.39. The molecule has 0 aromatic rings. The summed E-state index contributed by atoms with van der Waals surface area (Å²) in [6.45, 7) is 16.1. The number of hydrogen-bond donors (Lipinski definition) is 0. The molecule has 9 atom stereocenters. The third kappa shape index (κ3) is 5.36. The van der Waals surface area contributed by atoms with Crippen LogP contribution in [0.15, 0.2) is 36.5 Å². The highest BCUT2D eigenvalue weighted by molar-refractivity contribution is 5.82. The quantitative estimate of drug-likeness (QED) is 0.200. The lowest BCUT2D eigenvalue weighted by atomic mass is 9.45. The number of rotatable bonds is 7. The van der Waals surface area contributed by atoms with Crippen molar-refractivity contribution in [1.82, 2.24) is 0 Å². The minimum atomic E-state index is -0.257. The number of fused-ring (bicyclic) bond motifs is 3. The highest BCUT2D eigenvalue weighted by atomic mass is 16.5. The molecule has 4 rings (SSSR count). The van der Waals surface area contributed by atoms with E-state index in [-0.39, 0.29) is 45.9 Å². The molecule has 0 saturated heterocycles. The van der Waals surface area contributed by atoms with Crippen molar-refractivity contribution < 1.29 is 19.1 Å². The largest absolute Gasteiger partial charge is 0.469 e. The number of carbonyl (C=O) groups excluding carboxylic acids is 2. The molecule has 4 heteroatoms. The summed E-state index contributed by atoms with van der Waals surface area (Å²) in [5.41, 5.74) is 2.16. The van der Waals surface area contributed by atoms with Crippen LogP contribution in [0, 0.1) is 51.8 Å². The molecule has 0 aromatic carbocycles. The van der Waals surface area contributed by atoms with Crippen LogP contribution in [0.4, 0.5) is 0 Å². The summed E-state index contributed by atoms with van der Waals surface area (Å²) >= 11 is 0. The molecule has 0 aromatic heterocycles. The second-order valence-corrected chi connectivity index (χ2v) is 13.8. The van der Waals surface area contributed by atoms with Gasteiger partial charge in [-0.25, -0.2) is 4.79 Å². The molecule has 9 unspecified atom stereocenters. The summed E-state index contributed by atoms with van der Waals surface area (Å²) in [7, 11) is 1.47. The van der Waals surface area contributed by atoms with E-state index in [1.807, 2.05) is 6.08 Å². The summed E-state index contributed by atoms with van der Waals surface area (Å²) in [5, 5.41) is 0. The molecular weight excluding hydrogens is 460 g/mol. The van der Waals surface area contributed by atoms with Crippen LogP contribution >= 0.6 is 0 Å². The maximum absolute atomic E-state index is 12.8. The molecule has 206 valence electrons. The van der Waals surface area contributed by atoms with E-state index in [9.17, 15) is 9.59 Å². The normalized spacial score (nSPS) is 42.3. The van der Waals surface area contributed by atoms with Gasteiger partial charge in [-0.05, 0) is 91.8 Å². The van der Waals surface area contributed by atoms with E-state index in [2.05, 4.69) is 53.3 Å². The minimum absolute atomic E-state index is 0.000196. The van der Waals surface area contributed by atoms with Crippen LogP contribution in [0.2, 0.25) is 0 Å². The van der Waals surface area contributed by atoms with Gasteiger partial charge in [0, 0.05) is 11.5 Å². The van der Waals surface area contributed by atoms with Crippen molar-refractivity contribution in [1.29, 1.82) is 0 Å². The molecule has 0 amide bonds. The van der Waals surface area contributed by atoms with E-state index in [1.54, 1.807) is 11.6 Å². The van der Waals surface area contributed by atoms with Gasteiger partial charge in [0.05, 0.1) is 19.6 Å². The fourth-order valence-corrected chi connectivity index (χ4v) is 8.94. The van der Waals surface area contributed by atoms with Gasteiger partial charge in [0.2, 0.25) is 0 Å². The first-order valence-electron chi connectivity index (χ1n) is 14.7. The van der Waals surface area contributed by atoms with Gasteiger partial charge >= 0.3 is 11.9 Å². The van der Waals surface area contributed by atoms with Crippen LogP contribution < -0.4 is 0 Å². The Morgan fingerprint density at radius 3 is 2.62 bits per heavy atom. The predicted octanol–water partition coefficient (Wildman–Crippen LogP) is 7.69. The molecule has 0 aliphatic heterocycles. The lowest BCUT2D eigenvalue weighted by Crippen LogP contribution is -2.52. The van der Waals surface area contributed by atoms with Gasteiger partial charge in [-0.15, -0.1) is 6.58 Å². The first kappa shape index (κ1) is 28.2. The van der Waals surface area contributed by atoms with Crippen LogP contribution in [0.1, 0.15) is 92.4 Å². The highest BCUT2D eigenvalue weighted by Gasteiger charge is 2.55. The fraction of sp³-hybridized carbons (Fsp3) is 0.758. The average Bonchev–Trinajstić information content (AvgIpc) is 3.26. The van der Waals surface area contributed by atoms with Crippen molar-refractivity contribution in [2.45, 2.75) is 92.4 Å². The SMILES string of the molecule is C=CC1(C)CCC2C(=CCC3C(C)(COC(=O)C=CC(C)C4CCC(C)C4C(=O)OC)CCCC23C)C1. The van der Waals surface area contributed by atoms with Crippen molar-refractivity contribution in [3.05, 3.63) is 36.5 Å². The number of hydrogen-bond acceptors (Lipinski definition) is 4. The fourth-order valence-electron chi connectivity index (χ4n) is 8.94. The topological polar surface area (TPSA) is 52.6 Å². The summed E-state index contributed by atoms with van der Waals surface area (Å²) < 4.78 is 11.0. The molecule has 0 bridgehead atoms. The van der Waals surface area contributed by atoms with E-state index in [4.69, 9.17) is 9.47 Å². The van der Waals surface area contributed by atoms with Gasteiger partial charge in [-0.2, -0.15) is 0 Å². The molecule has 4 aliphatic rings. The Bertz CT molecular complexity index is 948. The number of ether oxygens (including phenoxy) is 2. The van der Waals surface area contributed by atoms with E-state index in [1.165, 1.54) is 32.8 Å². The molecule has 4 aliphatic carbocycles. The van der Waals surface area contributed by atoms with E-state index in [0.29, 0.717) is 24.4 Å². The molecule has 0 N–H and O–H groups in total. The van der Waals surface area contributed by atoms with Crippen LogP contribution in [0.3, 0.4) is 0 Å². The van der Waals surface area contributed by atoms with Crippen molar-refractivity contribution in [3.8, 4) is 0 Å². The van der Waals surface area contributed by atoms with Gasteiger partial charge in [0.25, 0.3) is 0 Å². The van der Waals surface area contributed by atoms with Crippen LogP contribution in [-0.2, 0) is 19.1 Å². The number of allylic oxidation sites excluding steroid dienone is 4. The smallest absolute Gasteiger partial charge is 0.330 e. The third-order valence-corrected chi connectivity index (χ3v) is 11.3. The molecule has 0 heterocycles. The Hall–Kier alpha value is -1.84. The van der Waals surface area contributed by atoms with Gasteiger partial charge in [0.1, 0.15) is 0 Å². The number of carbonyl (C=O) groups is 2. The first-order chi connectivity index (χ1) is 17.5. The van der Waals surface area contributed by atoms with Crippen molar-refractivity contribution >= 4 is 11.9 Å². The van der Waals surface area contributed by atoms with Crippen molar-refractivity contribution in [2.24, 2.45) is 51.8 Å². The maximum atomic E-state index is 12.8. The van der Waals surface area contributed by atoms with Crippen LogP contribution in [-0.4, -0.2) is 25.7 Å².